The molecule has 3 rings (SSSR count). The van der Waals surface area contributed by atoms with E-state index in [1.54, 1.807) is 6.92 Å². The van der Waals surface area contributed by atoms with Gasteiger partial charge >= 0.3 is 0 Å². The molecule has 0 aliphatic heterocycles. The van der Waals surface area contributed by atoms with Crippen molar-refractivity contribution in [1.29, 1.82) is 0 Å². The van der Waals surface area contributed by atoms with E-state index in [1.165, 1.54) is 11.3 Å². The number of hydrazine groups is 1. The molecule has 4 N–H and O–H groups in total. The molecule has 3 aromatic rings. The first-order chi connectivity index (χ1) is 9.76. The number of hydrogen-bond donors (Lipinski definition) is 3. The van der Waals surface area contributed by atoms with Crippen molar-refractivity contribution < 1.29 is 4.52 Å². The summed E-state index contributed by atoms with van der Waals surface area (Å²) >= 11 is 1.54. The van der Waals surface area contributed by atoms with Gasteiger partial charge in [0.15, 0.2) is 5.82 Å². The Morgan fingerprint density at radius 1 is 1.35 bits per heavy atom. The van der Waals surface area contributed by atoms with Crippen LogP contribution in [0, 0.1) is 6.92 Å². The van der Waals surface area contributed by atoms with E-state index in [1.807, 2.05) is 11.4 Å². The molecule has 104 valence electrons. The molecular formula is C11H13N7OS. The Balaban J connectivity index is 1.74. The molecule has 0 aliphatic carbocycles. The molecule has 8 nitrogen and oxygen atoms in total. The van der Waals surface area contributed by atoms with Gasteiger partial charge in [0.25, 0.3) is 0 Å². The van der Waals surface area contributed by atoms with Gasteiger partial charge in [-0.3, -0.25) is 5.43 Å². The van der Waals surface area contributed by atoms with Gasteiger partial charge < -0.3 is 9.84 Å². The highest BCUT2D eigenvalue weighted by Gasteiger charge is 2.08. The third-order valence-corrected chi connectivity index (χ3v) is 3.47. The molecule has 20 heavy (non-hydrogen) atoms. The minimum absolute atomic E-state index is 0.387. The van der Waals surface area contributed by atoms with Crippen LogP contribution in [-0.4, -0.2) is 26.7 Å². The van der Waals surface area contributed by atoms with Gasteiger partial charge in [-0.2, -0.15) is 9.97 Å². The maximum absolute atomic E-state index is 5.37. The summed E-state index contributed by atoms with van der Waals surface area (Å²) in [5.74, 6) is 7.73. The standard InChI is InChI=1S/C11H13N7OS/c1-6-14-8(18-19-6)2-4-13-9-7-3-5-20-10(7)16-11(15-9)17-12/h3,5H,2,4,12H2,1H3,(H2,13,15,16,17). The van der Waals surface area contributed by atoms with E-state index >= 15 is 0 Å². The zero-order valence-electron chi connectivity index (χ0n) is 10.8. The highest BCUT2D eigenvalue weighted by molar-refractivity contribution is 7.16. The van der Waals surface area contributed by atoms with Crippen LogP contribution >= 0.6 is 11.3 Å². The Morgan fingerprint density at radius 3 is 3.00 bits per heavy atom. The molecule has 0 saturated heterocycles. The first-order valence-corrected chi connectivity index (χ1v) is 6.89. The number of anilines is 2. The lowest BCUT2D eigenvalue weighted by Crippen LogP contribution is -2.13. The fourth-order valence-electron chi connectivity index (χ4n) is 1.79. The Hall–Kier alpha value is -2.26. The third-order valence-electron chi connectivity index (χ3n) is 2.66. The fourth-order valence-corrected chi connectivity index (χ4v) is 2.55. The molecule has 0 aromatic carbocycles. The van der Waals surface area contributed by atoms with E-state index in [-0.39, 0.29) is 0 Å². The predicted octanol–water partition coefficient (Wildman–Crippen LogP) is 1.32. The zero-order chi connectivity index (χ0) is 13.9. The number of nitrogens with zero attached hydrogens (tertiary/aromatic N) is 4. The normalized spacial score (nSPS) is 10.9. The number of hydrogen-bond acceptors (Lipinski definition) is 9. The monoisotopic (exact) mass is 291 g/mol. The van der Waals surface area contributed by atoms with E-state index in [9.17, 15) is 0 Å². The van der Waals surface area contributed by atoms with Crippen molar-refractivity contribution in [2.75, 3.05) is 17.3 Å². The maximum Gasteiger partial charge on any atom is 0.240 e. The van der Waals surface area contributed by atoms with Gasteiger partial charge in [0.1, 0.15) is 10.6 Å². The van der Waals surface area contributed by atoms with E-state index in [0.717, 1.165) is 16.0 Å². The second kappa shape index (κ2) is 5.39. The van der Waals surface area contributed by atoms with Gasteiger partial charge in [-0.25, -0.2) is 10.8 Å². The van der Waals surface area contributed by atoms with Crippen molar-refractivity contribution in [3.63, 3.8) is 0 Å². The lowest BCUT2D eigenvalue weighted by Gasteiger charge is -2.07. The zero-order valence-corrected chi connectivity index (χ0v) is 11.6. The van der Waals surface area contributed by atoms with E-state index in [2.05, 4.69) is 30.9 Å². The molecule has 0 saturated carbocycles. The number of nitrogens with one attached hydrogen (secondary N) is 2. The van der Waals surface area contributed by atoms with Crippen LogP contribution in [0.4, 0.5) is 11.8 Å². The van der Waals surface area contributed by atoms with Gasteiger partial charge in [0.2, 0.25) is 11.8 Å². The number of aryl methyl sites for hydroxylation is 1. The second-order valence-corrected chi connectivity index (χ2v) is 4.98. The van der Waals surface area contributed by atoms with Crippen molar-refractivity contribution in [2.24, 2.45) is 5.84 Å². The van der Waals surface area contributed by atoms with Crippen LogP contribution in [0.1, 0.15) is 11.7 Å². The van der Waals surface area contributed by atoms with Gasteiger partial charge in [-0.15, -0.1) is 11.3 Å². The van der Waals surface area contributed by atoms with E-state index in [0.29, 0.717) is 30.6 Å². The number of thiophene rings is 1. The number of aromatic nitrogens is 4. The molecular weight excluding hydrogens is 278 g/mol. The molecule has 3 heterocycles. The maximum atomic E-state index is 5.37. The van der Waals surface area contributed by atoms with Crippen molar-refractivity contribution in [1.82, 2.24) is 20.1 Å². The molecule has 0 radical (unpaired) electrons. The highest BCUT2D eigenvalue weighted by Crippen LogP contribution is 2.26. The van der Waals surface area contributed by atoms with Gasteiger partial charge in [0, 0.05) is 19.9 Å². The van der Waals surface area contributed by atoms with Gasteiger partial charge in [0.05, 0.1) is 5.39 Å². The predicted molar refractivity (Wildman–Crippen MR) is 76.5 cm³/mol. The molecule has 9 heteroatoms. The largest absolute Gasteiger partial charge is 0.369 e. The van der Waals surface area contributed by atoms with E-state index < -0.39 is 0 Å². The quantitative estimate of drug-likeness (QED) is 0.476. The number of fused-ring (bicyclic) bond motifs is 1. The summed E-state index contributed by atoms with van der Waals surface area (Å²) in [5, 5.41) is 10.0. The fraction of sp³-hybridized carbons (Fsp3) is 0.273. The molecule has 0 atom stereocenters. The lowest BCUT2D eigenvalue weighted by atomic mass is 10.3. The van der Waals surface area contributed by atoms with Crippen molar-refractivity contribution in [2.45, 2.75) is 13.3 Å². The van der Waals surface area contributed by atoms with Crippen LogP contribution < -0.4 is 16.6 Å². The first-order valence-electron chi connectivity index (χ1n) is 6.01. The average Bonchev–Trinajstić information content (AvgIpc) is 3.07. The van der Waals surface area contributed by atoms with Crippen molar-refractivity contribution in [3.8, 4) is 0 Å². The van der Waals surface area contributed by atoms with Crippen LogP contribution in [0.3, 0.4) is 0 Å². The molecule has 0 spiro atoms. The summed E-state index contributed by atoms with van der Waals surface area (Å²) in [7, 11) is 0. The Bertz CT molecular complexity index is 722. The summed E-state index contributed by atoms with van der Waals surface area (Å²) in [6, 6.07) is 1.97. The number of rotatable bonds is 5. The molecule has 3 aromatic heterocycles. The molecule has 0 fully saturated rings. The molecule has 0 aliphatic rings. The Kier molecular flexibility index (Phi) is 3.44. The first kappa shape index (κ1) is 12.8. The van der Waals surface area contributed by atoms with Gasteiger partial charge in [-0.1, -0.05) is 5.16 Å². The second-order valence-electron chi connectivity index (χ2n) is 4.09. The summed E-state index contributed by atoms with van der Waals surface area (Å²) in [5.41, 5.74) is 2.47. The topological polar surface area (TPSA) is 115 Å². The van der Waals surface area contributed by atoms with Crippen LogP contribution in [-0.2, 0) is 6.42 Å². The van der Waals surface area contributed by atoms with Crippen molar-refractivity contribution in [3.05, 3.63) is 23.2 Å². The third kappa shape index (κ3) is 2.53. The minimum Gasteiger partial charge on any atom is -0.369 e. The van der Waals surface area contributed by atoms with Crippen molar-refractivity contribution >= 4 is 33.3 Å². The molecule has 0 unspecified atom stereocenters. The molecule has 0 bridgehead atoms. The van der Waals surface area contributed by atoms with Crippen LogP contribution in [0.15, 0.2) is 16.0 Å². The van der Waals surface area contributed by atoms with Crippen LogP contribution in [0.25, 0.3) is 10.2 Å². The average molecular weight is 291 g/mol. The summed E-state index contributed by atoms with van der Waals surface area (Å²) < 4.78 is 4.92. The van der Waals surface area contributed by atoms with E-state index in [4.69, 9.17) is 10.4 Å². The van der Waals surface area contributed by atoms with Gasteiger partial charge in [-0.05, 0) is 11.4 Å². The Morgan fingerprint density at radius 2 is 2.25 bits per heavy atom. The number of nitrogen functional groups attached to an aromatic ring is 1. The number of nitrogens with two attached hydrogens (primary N) is 1. The lowest BCUT2D eigenvalue weighted by molar-refractivity contribution is 0.387. The smallest absolute Gasteiger partial charge is 0.240 e. The Labute approximate surface area is 118 Å². The van der Waals surface area contributed by atoms with Crippen LogP contribution in [0.5, 0.6) is 0 Å². The minimum atomic E-state index is 0.387. The summed E-state index contributed by atoms with van der Waals surface area (Å²) in [4.78, 5) is 13.6. The summed E-state index contributed by atoms with van der Waals surface area (Å²) in [6.07, 6.45) is 0.651. The highest BCUT2D eigenvalue weighted by atomic mass is 32.1. The van der Waals surface area contributed by atoms with Crippen LogP contribution in [0.2, 0.25) is 0 Å². The molecule has 0 amide bonds. The summed E-state index contributed by atoms with van der Waals surface area (Å²) in [6.45, 7) is 2.41. The SMILES string of the molecule is Cc1nc(CCNc2nc(NN)nc3sccc23)no1.